The maximum absolute atomic E-state index is 10.6. The van der Waals surface area contributed by atoms with E-state index in [0.29, 0.717) is 5.92 Å². The van der Waals surface area contributed by atoms with Crippen molar-refractivity contribution in [1.82, 2.24) is 4.90 Å². The molecule has 110 valence electrons. The predicted molar refractivity (Wildman–Crippen MR) is 86.1 cm³/mol. The number of nitrogens with zero attached hydrogens (tertiary/aromatic N) is 1. The van der Waals surface area contributed by atoms with Crippen LogP contribution in [0.4, 0.5) is 0 Å². The third-order valence-corrected chi connectivity index (χ3v) is 4.39. The summed E-state index contributed by atoms with van der Waals surface area (Å²) in [6, 6.07) is 21.2. The summed E-state index contributed by atoms with van der Waals surface area (Å²) in [4.78, 5) is 2.38. The van der Waals surface area contributed by atoms with E-state index in [1.807, 2.05) is 26.0 Å². The number of likely N-dealkylation sites (tertiary alicyclic amines) is 1. The van der Waals surface area contributed by atoms with Crippen LogP contribution in [0.5, 0.6) is 0 Å². The van der Waals surface area contributed by atoms with Crippen molar-refractivity contribution in [1.29, 1.82) is 0 Å². The molecule has 1 saturated heterocycles. The van der Waals surface area contributed by atoms with Crippen molar-refractivity contribution in [3.05, 3.63) is 71.8 Å². The Kier molecular flexibility index (Phi) is 3.83. The predicted octanol–water partition coefficient (Wildman–Crippen LogP) is 3.43. The minimum Gasteiger partial charge on any atom is -0.389 e. The molecule has 0 unspecified atom stereocenters. The second-order valence-corrected chi connectivity index (χ2v) is 6.53. The van der Waals surface area contributed by atoms with Crippen LogP contribution < -0.4 is 0 Å². The van der Waals surface area contributed by atoms with Gasteiger partial charge in [0.25, 0.3) is 0 Å². The summed E-state index contributed by atoms with van der Waals surface area (Å²) in [5.74, 6) is 0.412. The number of benzene rings is 2. The highest BCUT2D eigenvalue weighted by Crippen LogP contribution is 2.40. The third kappa shape index (κ3) is 3.02. The van der Waals surface area contributed by atoms with Crippen molar-refractivity contribution in [3.8, 4) is 0 Å². The molecule has 0 aromatic heterocycles. The first-order valence-corrected chi connectivity index (χ1v) is 7.61. The van der Waals surface area contributed by atoms with E-state index in [2.05, 4.69) is 53.4 Å². The zero-order chi connectivity index (χ0) is 14.9. The van der Waals surface area contributed by atoms with Gasteiger partial charge < -0.3 is 5.11 Å². The fourth-order valence-electron chi connectivity index (χ4n) is 3.49. The first-order valence-electron chi connectivity index (χ1n) is 7.61. The highest BCUT2D eigenvalue weighted by atomic mass is 16.3. The Balaban J connectivity index is 1.78. The van der Waals surface area contributed by atoms with Gasteiger partial charge in [-0.15, -0.1) is 0 Å². The summed E-state index contributed by atoms with van der Waals surface area (Å²) in [6.07, 6.45) is 0. The molecule has 1 N–H and O–H groups in total. The normalized spacial score (nSPS) is 22.8. The standard InChI is InChI=1S/C19H23NO/c1-19(2,21)18-17(16-11-7-4-8-12-16)14-20(18)13-15-9-5-3-6-10-15/h3-12,17-18,21H,13-14H2,1-2H3/t17-,18-/m0/s1. The molecule has 2 nitrogen and oxygen atoms in total. The van der Waals surface area contributed by atoms with Gasteiger partial charge in [0.2, 0.25) is 0 Å². The SMILES string of the molecule is CC(C)(O)[C@@H]1[C@H](c2ccccc2)CN1Cc1ccccc1. The molecule has 3 rings (SSSR count). The van der Waals surface area contributed by atoms with Gasteiger partial charge in [-0.05, 0) is 25.0 Å². The van der Waals surface area contributed by atoms with E-state index in [-0.39, 0.29) is 6.04 Å². The van der Waals surface area contributed by atoms with Crippen LogP contribution in [0.25, 0.3) is 0 Å². The zero-order valence-electron chi connectivity index (χ0n) is 12.7. The van der Waals surface area contributed by atoms with Gasteiger partial charge in [0.05, 0.1) is 5.60 Å². The summed E-state index contributed by atoms with van der Waals surface area (Å²) >= 11 is 0. The summed E-state index contributed by atoms with van der Waals surface area (Å²) in [7, 11) is 0. The molecule has 0 radical (unpaired) electrons. The number of hydrogen-bond donors (Lipinski definition) is 1. The molecule has 1 aliphatic rings. The van der Waals surface area contributed by atoms with Gasteiger partial charge in [-0.3, -0.25) is 4.90 Å². The quantitative estimate of drug-likeness (QED) is 0.928. The molecular weight excluding hydrogens is 258 g/mol. The molecule has 1 heterocycles. The Morgan fingerprint density at radius 2 is 1.57 bits per heavy atom. The number of rotatable bonds is 4. The van der Waals surface area contributed by atoms with Gasteiger partial charge >= 0.3 is 0 Å². The lowest BCUT2D eigenvalue weighted by Crippen LogP contribution is -2.63. The van der Waals surface area contributed by atoms with Crippen LogP contribution in [-0.2, 0) is 6.54 Å². The van der Waals surface area contributed by atoms with Gasteiger partial charge in [0.15, 0.2) is 0 Å². The largest absolute Gasteiger partial charge is 0.389 e. The first-order chi connectivity index (χ1) is 10.1. The van der Waals surface area contributed by atoms with E-state index in [4.69, 9.17) is 0 Å². The lowest BCUT2D eigenvalue weighted by molar-refractivity contribution is -0.0902. The molecule has 0 saturated carbocycles. The fraction of sp³-hybridized carbons (Fsp3) is 0.368. The van der Waals surface area contributed by atoms with Crippen molar-refractivity contribution in [3.63, 3.8) is 0 Å². The van der Waals surface area contributed by atoms with Crippen molar-refractivity contribution in [2.45, 2.75) is 38.0 Å². The van der Waals surface area contributed by atoms with E-state index < -0.39 is 5.60 Å². The Labute approximate surface area is 127 Å². The van der Waals surface area contributed by atoms with Crippen LogP contribution >= 0.6 is 0 Å². The van der Waals surface area contributed by atoms with Crippen LogP contribution in [0.2, 0.25) is 0 Å². The molecule has 1 fully saturated rings. The monoisotopic (exact) mass is 281 g/mol. The molecular formula is C19H23NO. The van der Waals surface area contributed by atoms with Gasteiger partial charge in [-0.2, -0.15) is 0 Å². The van der Waals surface area contributed by atoms with Crippen molar-refractivity contribution < 1.29 is 5.11 Å². The first kappa shape index (κ1) is 14.3. The summed E-state index contributed by atoms with van der Waals surface area (Å²) in [5.41, 5.74) is 1.93. The van der Waals surface area contributed by atoms with Crippen LogP contribution in [-0.4, -0.2) is 28.2 Å². The maximum atomic E-state index is 10.6. The lowest BCUT2D eigenvalue weighted by Gasteiger charge is -2.53. The molecule has 0 bridgehead atoms. The van der Waals surface area contributed by atoms with E-state index in [1.165, 1.54) is 11.1 Å². The molecule has 21 heavy (non-hydrogen) atoms. The topological polar surface area (TPSA) is 23.5 Å². The molecule has 2 aromatic carbocycles. The highest BCUT2D eigenvalue weighted by Gasteiger charge is 2.47. The average molecular weight is 281 g/mol. The van der Waals surface area contributed by atoms with Crippen molar-refractivity contribution >= 4 is 0 Å². The second kappa shape index (κ2) is 5.63. The summed E-state index contributed by atoms with van der Waals surface area (Å²) in [6.45, 7) is 5.75. The van der Waals surface area contributed by atoms with Crippen LogP contribution in [0.3, 0.4) is 0 Å². The van der Waals surface area contributed by atoms with E-state index >= 15 is 0 Å². The molecule has 0 amide bonds. The zero-order valence-corrected chi connectivity index (χ0v) is 12.7. The molecule has 2 heteroatoms. The van der Waals surface area contributed by atoms with Gasteiger partial charge in [-0.1, -0.05) is 60.7 Å². The van der Waals surface area contributed by atoms with Gasteiger partial charge in [-0.25, -0.2) is 0 Å². The Bertz CT molecular complexity index is 574. The Morgan fingerprint density at radius 1 is 1.00 bits per heavy atom. The van der Waals surface area contributed by atoms with Crippen molar-refractivity contribution in [2.24, 2.45) is 0 Å². The fourth-order valence-corrected chi connectivity index (χ4v) is 3.49. The van der Waals surface area contributed by atoms with Crippen LogP contribution in [0, 0.1) is 0 Å². The highest BCUT2D eigenvalue weighted by molar-refractivity contribution is 5.27. The Hall–Kier alpha value is -1.64. The van der Waals surface area contributed by atoms with Crippen LogP contribution in [0.15, 0.2) is 60.7 Å². The third-order valence-electron chi connectivity index (χ3n) is 4.39. The smallest absolute Gasteiger partial charge is 0.0752 e. The van der Waals surface area contributed by atoms with Gasteiger partial charge in [0.1, 0.15) is 0 Å². The minimum atomic E-state index is -0.701. The maximum Gasteiger partial charge on any atom is 0.0752 e. The molecule has 1 aliphatic heterocycles. The average Bonchev–Trinajstić information content (AvgIpc) is 2.43. The van der Waals surface area contributed by atoms with Crippen molar-refractivity contribution in [2.75, 3.05) is 6.54 Å². The molecule has 0 aliphatic carbocycles. The van der Waals surface area contributed by atoms with E-state index in [9.17, 15) is 5.11 Å². The lowest BCUT2D eigenvalue weighted by atomic mass is 9.74. The molecule has 2 atom stereocenters. The number of aliphatic hydroxyl groups is 1. The van der Waals surface area contributed by atoms with Crippen LogP contribution in [0.1, 0.15) is 30.9 Å². The van der Waals surface area contributed by atoms with Gasteiger partial charge in [0, 0.05) is 25.0 Å². The summed E-state index contributed by atoms with van der Waals surface area (Å²) in [5, 5.41) is 10.6. The minimum absolute atomic E-state index is 0.167. The number of hydrogen-bond acceptors (Lipinski definition) is 2. The second-order valence-electron chi connectivity index (χ2n) is 6.53. The van der Waals surface area contributed by atoms with E-state index in [1.54, 1.807) is 0 Å². The molecule has 0 spiro atoms. The molecule has 2 aromatic rings. The Morgan fingerprint density at radius 3 is 2.14 bits per heavy atom. The van der Waals surface area contributed by atoms with E-state index in [0.717, 1.165) is 13.1 Å². The summed E-state index contributed by atoms with van der Waals surface area (Å²) < 4.78 is 0.